The molecular weight excluding hydrogens is 132 g/mol. The van der Waals surface area contributed by atoms with Crippen molar-refractivity contribution in [2.24, 2.45) is 0 Å². The van der Waals surface area contributed by atoms with Gasteiger partial charge in [-0.15, -0.1) is 11.8 Å². The minimum atomic E-state index is 0.619. The molecule has 0 spiro atoms. The van der Waals surface area contributed by atoms with Crippen molar-refractivity contribution in [1.82, 2.24) is 4.90 Å². The van der Waals surface area contributed by atoms with E-state index in [4.69, 9.17) is 5.26 Å². The van der Waals surface area contributed by atoms with E-state index in [0.29, 0.717) is 5.75 Å². The van der Waals surface area contributed by atoms with Gasteiger partial charge < -0.3 is 4.90 Å². The number of hydrogen-bond donors (Lipinski definition) is 0. The Morgan fingerprint density at radius 2 is 2.22 bits per heavy atom. The van der Waals surface area contributed by atoms with Crippen LogP contribution >= 0.6 is 11.8 Å². The molecule has 0 amide bonds. The fourth-order valence-electron chi connectivity index (χ4n) is 0.365. The maximum Gasteiger partial charge on any atom is 0.0808 e. The van der Waals surface area contributed by atoms with Gasteiger partial charge in [-0.05, 0) is 14.1 Å². The summed E-state index contributed by atoms with van der Waals surface area (Å²) in [5.74, 6) is 1.68. The normalized spacial score (nSPS) is 9.56. The first-order chi connectivity index (χ1) is 4.27. The van der Waals surface area contributed by atoms with Crippen LogP contribution < -0.4 is 0 Å². The molecule has 0 bridgehead atoms. The van der Waals surface area contributed by atoms with Crippen molar-refractivity contribution in [3.63, 3.8) is 0 Å². The molecule has 0 aromatic rings. The van der Waals surface area contributed by atoms with Crippen LogP contribution in [0.4, 0.5) is 0 Å². The van der Waals surface area contributed by atoms with E-state index in [-0.39, 0.29) is 0 Å². The summed E-state index contributed by atoms with van der Waals surface area (Å²) in [5.41, 5.74) is 0. The molecule has 0 saturated carbocycles. The van der Waals surface area contributed by atoms with Crippen molar-refractivity contribution in [2.75, 3.05) is 32.1 Å². The van der Waals surface area contributed by atoms with Crippen molar-refractivity contribution >= 4 is 11.8 Å². The third kappa shape index (κ3) is 7.80. The van der Waals surface area contributed by atoms with Crippen molar-refractivity contribution in [3.05, 3.63) is 0 Å². The van der Waals surface area contributed by atoms with Crippen molar-refractivity contribution in [1.29, 1.82) is 5.26 Å². The van der Waals surface area contributed by atoms with E-state index in [9.17, 15) is 0 Å². The van der Waals surface area contributed by atoms with Crippen LogP contribution in [0.25, 0.3) is 0 Å². The van der Waals surface area contributed by atoms with Gasteiger partial charge >= 0.3 is 0 Å². The van der Waals surface area contributed by atoms with E-state index >= 15 is 0 Å². The largest absolute Gasteiger partial charge is 0.309 e. The molecule has 0 radical (unpaired) electrons. The smallest absolute Gasteiger partial charge is 0.0808 e. The summed E-state index contributed by atoms with van der Waals surface area (Å²) >= 11 is 1.68. The molecule has 0 saturated heterocycles. The summed E-state index contributed by atoms with van der Waals surface area (Å²) in [4.78, 5) is 2.12. The van der Waals surface area contributed by atoms with Crippen molar-refractivity contribution < 1.29 is 0 Å². The van der Waals surface area contributed by atoms with E-state index in [0.717, 1.165) is 12.3 Å². The maximum absolute atomic E-state index is 8.15. The summed E-state index contributed by atoms with van der Waals surface area (Å²) < 4.78 is 0. The van der Waals surface area contributed by atoms with Crippen molar-refractivity contribution in [2.45, 2.75) is 0 Å². The SMILES string of the molecule is CN(C)CCSCC#N. The highest BCUT2D eigenvalue weighted by molar-refractivity contribution is 7.99. The highest BCUT2D eigenvalue weighted by Gasteiger charge is 1.88. The summed E-state index contributed by atoms with van der Waals surface area (Å²) in [6.07, 6.45) is 0. The molecule has 0 atom stereocenters. The van der Waals surface area contributed by atoms with E-state index in [2.05, 4.69) is 11.0 Å². The van der Waals surface area contributed by atoms with Gasteiger partial charge in [-0.25, -0.2) is 0 Å². The van der Waals surface area contributed by atoms with Gasteiger partial charge in [-0.3, -0.25) is 0 Å². The monoisotopic (exact) mass is 144 g/mol. The zero-order valence-electron chi connectivity index (χ0n) is 5.92. The quantitative estimate of drug-likeness (QED) is 0.546. The number of nitrogens with zero attached hydrogens (tertiary/aromatic N) is 2. The Morgan fingerprint density at radius 3 is 2.67 bits per heavy atom. The molecule has 52 valence electrons. The number of nitriles is 1. The molecule has 0 aliphatic heterocycles. The third-order valence-electron chi connectivity index (χ3n) is 0.849. The molecule has 0 fully saturated rings. The summed E-state index contributed by atoms with van der Waals surface area (Å²) in [6, 6.07) is 2.09. The van der Waals surface area contributed by atoms with Crippen LogP contribution in [0.5, 0.6) is 0 Å². The molecule has 2 nitrogen and oxygen atoms in total. The molecule has 0 N–H and O–H groups in total. The van der Waals surface area contributed by atoms with Crippen LogP contribution in [-0.2, 0) is 0 Å². The first-order valence-electron chi connectivity index (χ1n) is 2.87. The van der Waals surface area contributed by atoms with Gasteiger partial charge in [0, 0.05) is 12.3 Å². The fourth-order valence-corrected chi connectivity index (χ4v) is 1.09. The first-order valence-corrected chi connectivity index (χ1v) is 4.02. The standard InChI is InChI=1S/C6H12N2S/c1-8(2)4-6-9-5-3-7/h4-6H2,1-2H3. The molecule has 0 rings (SSSR count). The van der Waals surface area contributed by atoms with Crippen LogP contribution in [-0.4, -0.2) is 37.0 Å². The number of rotatable bonds is 4. The predicted molar refractivity (Wildman–Crippen MR) is 41.5 cm³/mol. The topological polar surface area (TPSA) is 27.0 Å². The second kappa shape index (κ2) is 5.93. The van der Waals surface area contributed by atoms with Crippen molar-refractivity contribution in [3.8, 4) is 6.07 Å². The Balaban J connectivity index is 2.85. The Kier molecular flexibility index (Phi) is 5.80. The number of thioether (sulfide) groups is 1. The zero-order valence-corrected chi connectivity index (χ0v) is 6.74. The average molecular weight is 144 g/mol. The van der Waals surface area contributed by atoms with Gasteiger partial charge in [0.05, 0.1) is 11.8 Å². The van der Waals surface area contributed by atoms with Crippen LogP contribution in [0.15, 0.2) is 0 Å². The minimum absolute atomic E-state index is 0.619. The molecule has 0 unspecified atom stereocenters. The van der Waals surface area contributed by atoms with E-state index in [1.54, 1.807) is 11.8 Å². The lowest BCUT2D eigenvalue weighted by molar-refractivity contribution is 0.437. The van der Waals surface area contributed by atoms with Gasteiger partial charge in [0.2, 0.25) is 0 Å². The minimum Gasteiger partial charge on any atom is -0.309 e. The fraction of sp³-hybridized carbons (Fsp3) is 0.833. The van der Waals surface area contributed by atoms with Crippen LogP contribution in [0.1, 0.15) is 0 Å². The highest BCUT2D eigenvalue weighted by atomic mass is 32.2. The third-order valence-corrected chi connectivity index (χ3v) is 1.65. The number of hydrogen-bond acceptors (Lipinski definition) is 3. The second-order valence-corrected chi connectivity index (χ2v) is 3.12. The molecule has 0 aromatic carbocycles. The van der Waals surface area contributed by atoms with Gasteiger partial charge in [0.15, 0.2) is 0 Å². The average Bonchev–Trinajstić information content (AvgIpc) is 1.80. The molecule has 3 heteroatoms. The van der Waals surface area contributed by atoms with Gasteiger partial charge in [0.25, 0.3) is 0 Å². The van der Waals surface area contributed by atoms with E-state index < -0.39 is 0 Å². The van der Waals surface area contributed by atoms with E-state index in [1.165, 1.54) is 0 Å². The Labute approximate surface area is 60.8 Å². The molecule has 9 heavy (non-hydrogen) atoms. The summed E-state index contributed by atoms with van der Waals surface area (Å²) in [7, 11) is 4.07. The highest BCUT2D eigenvalue weighted by Crippen LogP contribution is 1.96. The maximum atomic E-state index is 8.15. The lowest BCUT2D eigenvalue weighted by Gasteiger charge is -2.06. The van der Waals surface area contributed by atoms with Gasteiger partial charge in [-0.1, -0.05) is 0 Å². The first kappa shape index (κ1) is 8.80. The lowest BCUT2D eigenvalue weighted by Crippen LogP contribution is -2.14. The molecule has 0 aromatic heterocycles. The lowest BCUT2D eigenvalue weighted by atomic mass is 10.7. The second-order valence-electron chi connectivity index (χ2n) is 2.01. The Morgan fingerprint density at radius 1 is 1.56 bits per heavy atom. The molecular formula is C6H12N2S. The van der Waals surface area contributed by atoms with E-state index in [1.807, 2.05) is 14.1 Å². The van der Waals surface area contributed by atoms with Crippen LogP contribution in [0.2, 0.25) is 0 Å². The Bertz CT molecular complexity index is 95.7. The Hall–Kier alpha value is -0.200. The molecule has 0 aliphatic rings. The summed E-state index contributed by atoms with van der Waals surface area (Å²) in [5, 5.41) is 8.15. The van der Waals surface area contributed by atoms with Crippen LogP contribution in [0.3, 0.4) is 0 Å². The van der Waals surface area contributed by atoms with Gasteiger partial charge in [0.1, 0.15) is 0 Å². The van der Waals surface area contributed by atoms with Crippen LogP contribution in [0, 0.1) is 11.3 Å². The molecule has 0 heterocycles. The molecule has 0 aliphatic carbocycles. The predicted octanol–water partition coefficient (Wildman–Crippen LogP) is 0.805. The summed E-state index contributed by atoms with van der Waals surface area (Å²) in [6.45, 7) is 1.06. The van der Waals surface area contributed by atoms with Gasteiger partial charge in [-0.2, -0.15) is 5.26 Å². The zero-order chi connectivity index (χ0) is 7.11.